The zero-order valence-electron chi connectivity index (χ0n) is 9.74. The fourth-order valence-electron chi connectivity index (χ4n) is 1.18. The molecule has 1 atom stereocenters. The number of aromatic nitrogens is 1. The normalized spacial score (nSPS) is 13.3. The van der Waals surface area contributed by atoms with Crippen molar-refractivity contribution in [3.05, 3.63) is 24.5 Å². The smallest absolute Gasteiger partial charge is 0.244 e. The van der Waals surface area contributed by atoms with Gasteiger partial charge in [-0.15, -0.1) is 0 Å². The number of nitrogens with zero attached hydrogens (tertiary/aromatic N) is 1. The van der Waals surface area contributed by atoms with Crippen molar-refractivity contribution in [1.29, 1.82) is 0 Å². The lowest BCUT2D eigenvalue weighted by Gasteiger charge is -2.24. The summed E-state index contributed by atoms with van der Waals surface area (Å²) in [5.74, 6) is -0.00352. The fourth-order valence-corrected chi connectivity index (χ4v) is 1.18. The molecule has 0 aliphatic carbocycles. The summed E-state index contributed by atoms with van der Waals surface area (Å²) >= 11 is 0. The van der Waals surface area contributed by atoms with Gasteiger partial charge in [-0.3, -0.25) is 9.47 Å². The second kappa shape index (κ2) is 4.38. The highest BCUT2D eigenvalue weighted by molar-refractivity contribution is 5.83. The Kier molecular flexibility index (Phi) is 3.39. The third-order valence-corrected chi connectivity index (χ3v) is 1.84. The van der Waals surface area contributed by atoms with Crippen molar-refractivity contribution >= 4 is 5.91 Å². The number of carbonyl (C=O) groups is 1. The van der Waals surface area contributed by atoms with Crippen LogP contribution < -0.4 is 10.7 Å². The van der Waals surface area contributed by atoms with E-state index in [0.717, 1.165) is 0 Å². The SMILES string of the molecule is CC(Nn1cccc1)C(=O)NC(C)(C)C. The molecule has 0 aliphatic rings. The molecule has 1 rings (SSSR count). The predicted molar refractivity (Wildman–Crippen MR) is 61.2 cm³/mol. The molecule has 1 heterocycles. The Morgan fingerprint density at radius 1 is 1.27 bits per heavy atom. The Bertz CT molecular complexity index is 311. The van der Waals surface area contributed by atoms with Crippen molar-refractivity contribution in [2.24, 2.45) is 0 Å². The van der Waals surface area contributed by atoms with Crippen molar-refractivity contribution in [1.82, 2.24) is 9.99 Å². The first-order valence-electron chi connectivity index (χ1n) is 5.10. The molecule has 0 bridgehead atoms. The Morgan fingerprint density at radius 3 is 2.27 bits per heavy atom. The first-order valence-corrected chi connectivity index (χ1v) is 5.10. The minimum Gasteiger partial charge on any atom is -0.350 e. The quantitative estimate of drug-likeness (QED) is 0.789. The van der Waals surface area contributed by atoms with Crippen LogP contribution >= 0.6 is 0 Å². The highest BCUT2D eigenvalue weighted by Crippen LogP contribution is 2.00. The second-order valence-electron chi connectivity index (χ2n) is 4.68. The molecular weight excluding hydrogens is 190 g/mol. The van der Waals surface area contributed by atoms with Crippen molar-refractivity contribution < 1.29 is 4.79 Å². The second-order valence-corrected chi connectivity index (χ2v) is 4.68. The van der Waals surface area contributed by atoms with Crippen LogP contribution in [0.15, 0.2) is 24.5 Å². The Hall–Kier alpha value is -1.45. The molecule has 0 saturated carbocycles. The van der Waals surface area contributed by atoms with E-state index in [0.29, 0.717) is 0 Å². The van der Waals surface area contributed by atoms with Gasteiger partial charge < -0.3 is 10.7 Å². The fraction of sp³-hybridized carbons (Fsp3) is 0.545. The molecule has 1 aromatic rings. The molecular formula is C11H19N3O. The Morgan fingerprint density at radius 2 is 1.80 bits per heavy atom. The molecule has 0 spiro atoms. The van der Waals surface area contributed by atoms with E-state index in [1.807, 2.05) is 52.2 Å². The van der Waals surface area contributed by atoms with Gasteiger partial charge in [0.05, 0.1) is 0 Å². The number of nitrogens with one attached hydrogen (secondary N) is 2. The van der Waals surface area contributed by atoms with E-state index in [4.69, 9.17) is 0 Å². The van der Waals surface area contributed by atoms with Crippen LogP contribution in [0.5, 0.6) is 0 Å². The number of carbonyl (C=O) groups excluding carboxylic acids is 1. The average Bonchev–Trinajstić information content (AvgIpc) is 2.53. The van der Waals surface area contributed by atoms with Gasteiger partial charge in [-0.05, 0) is 39.8 Å². The van der Waals surface area contributed by atoms with Crippen LogP contribution in [0.3, 0.4) is 0 Å². The molecule has 0 radical (unpaired) electrons. The molecule has 2 N–H and O–H groups in total. The van der Waals surface area contributed by atoms with Gasteiger partial charge in [0.2, 0.25) is 5.91 Å². The molecule has 0 saturated heterocycles. The van der Waals surface area contributed by atoms with Crippen molar-refractivity contribution in [2.75, 3.05) is 5.43 Å². The first kappa shape index (κ1) is 11.6. The highest BCUT2D eigenvalue weighted by Gasteiger charge is 2.18. The molecule has 4 heteroatoms. The summed E-state index contributed by atoms with van der Waals surface area (Å²) in [6, 6.07) is 3.56. The summed E-state index contributed by atoms with van der Waals surface area (Å²) in [7, 11) is 0. The van der Waals surface area contributed by atoms with E-state index in [1.165, 1.54) is 0 Å². The lowest BCUT2D eigenvalue weighted by atomic mass is 10.1. The van der Waals surface area contributed by atoms with Gasteiger partial charge in [0.25, 0.3) is 0 Å². The summed E-state index contributed by atoms with van der Waals surface area (Å²) in [5.41, 5.74) is 2.86. The maximum atomic E-state index is 11.7. The lowest BCUT2D eigenvalue weighted by Crippen LogP contribution is -2.48. The monoisotopic (exact) mass is 209 g/mol. The van der Waals surface area contributed by atoms with E-state index in [9.17, 15) is 4.79 Å². The first-order chi connectivity index (χ1) is 6.88. The zero-order valence-corrected chi connectivity index (χ0v) is 9.74. The Balaban J connectivity index is 2.47. The lowest BCUT2D eigenvalue weighted by molar-refractivity contribution is -0.123. The van der Waals surface area contributed by atoms with Crippen LogP contribution in [0.1, 0.15) is 27.7 Å². The van der Waals surface area contributed by atoms with E-state index in [-0.39, 0.29) is 17.5 Å². The number of rotatable bonds is 3. The van der Waals surface area contributed by atoms with Crippen LogP contribution in [-0.2, 0) is 4.79 Å². The van der Waals surface area contributed by atoms with Crippen LogP contribution in [0.2, 0.25) is 0 Å². The summed E-state index contributed by atoms with van der Waals surface area (Å²) < 4.78 is 1.77. The van der Waals surface area contributed by atoms with E-state index >= 15 is 0 Å². The van der Waals surface area contributed by atoms with Crippen LogP contribution in [0.25, 0.3) is 0 Å². The molecule has 0 aromatic carbocycles. The van der Waals surface area contributed by atoms with Crippen molar-refractivity contribution in [2.45, 2.75) is 39.3 Å². The summed E-state index contributed by atoms with van der Waals surface area (Å²) in [4.78, 5) is 11.7. The summed E-state index contributed by atoms with van der Waals surface area (Å²) in [6.45, 7) is 7.73. The molecule has 4 nitrogen and oxygen atoms in total. The zero-order chi connectivity index (χ0) is 11.5. The van der Waals surface area contributed by atoms with Crippen LogP contribution in [0, 0.1) is 0 Å². The van der Waals surface area contributed by atoms with Gasteiger partial charge in [-0.1, -0.05) is 0 Å². The van der Waals surface area contributed by atoms with Gasteiger partial charge in [-0.25, -0.2) is 0 Å². The summed E-state index contributed by atoms with van der Waals surface area (Å²) in [6.07, 6.45) is 3.72. The average molecular weight is 209 g/mol. The van der Waals surface area contributed by atoms with Gasteiger partial charge in [0, 0.05) is 17.9 Å². The minimum absolute atomic E-state index is 0.00352. The van der Waals surface area contributed by atoms with Crippen molar-refractivity contribution in [3.8, 4) is 0 Å². The standard InChI is InChI=1S/C11H19N3O/c1-9(10(15)12-11(2,3)4)13-14-7-5-6-8-14/h5-9,13H,1-4H3,(H,12,15). The third kappa shape index (κ3) is 4.06. The number of hydrogen-bond acceptors (Lipinski definition) is 2. The number of amides is 1. The molecule has 1 unspecified atom stereocenters. The predicted octanol–water partition coefficient (Wildman–Crippen LogP) is 1.33. The van der Waals surface area contributed by atoms with Crippen LogP contribution in [0.4, 0.5) is 0 Å². The topological polar surface area (TPSA) is 46.1 Å². The molecule has 84 valence electrons. The molecule has 15 heavy (non-hydrogen) atoms. The molecule has 1 amide bonds. The van der Waals surface area contributed by atoms with Gasteiger partial charge in [0.15, 0.2) is 0 Å². The van der Waals surface area contributed by atoms with Crippen molar-refractivity contribution in [3.63, 3.8) is 0 Å². The van der Waals surface area contributed by atoms with E-state index in [2.05, 4.69) is 10.7 Å². The van der Waals surface area contributed by atoms with E-state index < -0.39 is 0 Å². The van der Waals surface area contributed by atoms with Crippen LogP contribution in [-0.4, -0.2) is 22.2 Å². The highest BCUT2D eigenvalue weighted by atomic mass is 16.2. The van der Waals surface area contributed by atoms with Gasteiger partial charge in [-0.2, -0.15) is 0 Å². The Labute approximate surface area is 90.6 Å². The van der Waals surface area contributed by atoms with Gasteiger partial charge >= 0.3 is 0 Å². The van der Waals surface area contributed by atoms with Gasteiger partial charge in [0.1, 0.15) is 6.04 Å². The molecule has 0 aliphatic heterocycles. The maximum absolute atomic E-state index is 11.7. The van der Waals surface area contributed by atoms with E-state index in [1.54, 1.807) is 4.68 Å². The molecule has 1 aromatic heterocycles. The largest absolute Gasteiger partial charge is 0.350 e. The third-order valence-electron chi connectivity index (χ3n) is 1.84. The number of hydrogen-bond donors (Lipinski definition) is 2. The summed E-state index contributed by atoms with van der Waals surface area (Å²) in [5, 5.41) is 2.92. The maximum Gasteiger partial charge on any atom is 0.244 e. The minimum atomic E-state index is -0.253. The molecule has 0 fully saturated rings.